The Kier molecular flexibility index (Phi) is 5.52. The van der Waals surface area contributed by atoms with Gasteiger partial charge < -0.3 is 9.73 Å². The number of hydrogen-bond acceptors (Lipinski definition) is 4. The molecule has 0 aliphatic rings. The largest absolute Gasteiger partial charge is 0.467 e. The predicted molar refractivity (Wildman–Crippen MR) is 91.4 cm³/mol. The van der Waals surface area contributed by atoms with Gasteiger partial charge in [0, 0.05) is 0 Å². The lowest BCUT2D eigenvalue weighted by Crippen LogP contribution is -2.37. The lowest BCUT2D eigenvalue weighted by atomic mass is 9.87. The lowest BCUT2D eigenvalue weighted by molar-refractivity contribution is -0.139. The Morgan fingerprint density at radius 1 is 1.12 bits per heavy atom. The third kappa shape index (κ3) is 5.08. The second-order valence-electron chi connectivity index (χ2n) is 6.33. The van der Waals surface area contributed by atoms with Crippen molar-refractivity contribution in [3.05, 3.63) is 59.5 Å². The Balaban J connectivity index is 1.82. The average Bonchev–Trinajstić information content (AvgIpc) is 3.05. The van der Waals surface area contributed by atoms with E-state index in [0.29, 0.717) is 5.76 Å². The minimum absolute atomic E-state index is 0.0793. The average molecular weight is 327 g/mol. The molecule has 1 aromatic heterocycles. The maximum atomic E-state index is 11.6. The van der Waals surface area contributed by atoms with Crippen molar-refractivity contribution in [2.75, 3.05) is 0 Å². The van der Waals surface area contributed by atoms with Crippen LogP contribution in [0.4, 0.5) is 0 Å². The summed E-state index contributed by atoms with van der Waals surface area (Å²) in [7, 11) is 0. The van der Waals surface area contributed by atoms with Crippen LogP contribution in [0, 0.1) is 0 Å². The van der Waals surface area contributed by atoms with Crippen LogP contribution >= 0.6 is 0 Å². The molecule has 6 nitrogen and oxygen atoms in total. The number of furan rings is 1. The first-order valence-corrected chi connectivity index (χ1v) is 7.60. The van der Waals surface area contributed by atoms with Crippen molar-refractivity contribution in [2.24, 2.45) is 5.10 Å². The standard InChI is InChI=1S/C18H21N3O3/c1-18(2,3)14-8-6-13(7-9-14)11-20-21-17(23)16(22)19-12-15-5-4-10-24-15/h4-11H,12H2,1-3H3,(H,19,22)(H,21,23)/b20-11+. The molecular formula is C18H21N3O3. The van der Waals surface area contributed by atoms with Gasteiger partial charge >= 0.3 is 11.8 Å². The summed E-state index contributed by atoms with van der Waals surface area (Å²) < 4.78 is 5.06. The Hall–Kier alpha value is -2.89. The van der Waals surface area contributed by atoms with Crippen molar-refractivity contribution in [3.8, 4) is 0 Å². The SMILES string of the molecule is CC(C)(C)c1ccc(/C=N/NC(=O)C(=O)NCc2ccco2)cc1. The highest BCUT2D eigenvalue weighted by Gasteiger charge is 2.13. The third-order valence-corrected chi connectivity index (χ3v) is 3.37. The van der Waals surface area contributed by atoms with Crippen LogP contribution < -0.4 is 10.7 Å². The van der Waals surface area contributed by atoms with Crippen molar-refractivity contribution < 1.29 is 14.0 Å². The van der Waals surface area contributed by atoms with Gasteiger partial charge in [-0.15, -0.1) is 0 Å². The van der Waals surface area contributed by atoms with Gasteiger partial charge in [0.15, 0.2) is 0 Å². The number of benzene rings is 1. The molecule has 0 bridgehead atoms. The molecule has 2 amide bonds. The summed E-state index contributed by atoms with van der Waals surface area (Å²) in [5.74, 6) is -1.03. The summed E-state index contributed by atoms with van der Waals surface area (Å²) in [5, 5.41) is 6.23. The van der Waals surface area contributed by atoms with E-state index in [9.17, 15) is 9.59 Å². The van der Waals surface area contributed by atoms with Crippen LogP contribution in [-0.4, -0.2) is 18.0 Å². The van der Waals surface area contributed by atoms with E-state index in [-0.39, 0.29) is 12.0 Å². The van der Waals surface area contributed by atoms with E-state index in [4.69, 9.17) is 4.42 Å². The summed E-state index contributed by atoms with van der Waals surface area (Å²) in [5.41, 5.74) is 4.31. The molecule has 0 fully saturated rings. The first-order chi connectivity index (χ1) is 11.4. The molecule has 0 saturated heterocycles. The molecule has 0 aliphatic heterocycles. The Morgan fingerprint density at radius 2 is 1.83 bits per heavy atom. The number of nitrogens with one attached hydrogen (secondary N) is 2. The van der Waals surface area contributed by atoms with E-state index in [1.807, 2.05) is 24.3 Å². The highest BCUT2D eigenvalue weighted by atomic mass is 16.3. The van der Waals surface area contributed by atoms with Gasteiger partial charge in [-0.25, -0.2) is 5.43 Å². The van der Waals surface area contributed by atoms with Crippen LogP contribution in [0.25, 0.3) is 0 Å². The lowest BCUT2D eigenvalue weighted by Gasteiger charge is -2.18. The highest BCUT2D eigenvalue weighted by molar-refractivity contribution is 6.35. The molecule has 0 spiro atoms. The van der Waals surface area contributed by atoms with Gasteiger partial charge in [0.2, 0.25) is 0 Å². The van der Waals surface area contributed by atoms with Gasteiger partial charge in [-0.05, 0) is 28.7 Å². The molecule has 0 unspecified atom stereocenters. The molecule has 2 N–H and O–H groups in total. The van der Waals surface area contributed by atoms with E-state index >= 15 is 0 Å². The number of carbonyl (C=O) groups is 2. The summed E-state index contributed by atoms with van der Waals surface area (Å²) in [4.78, 5) is 23.2. The van der Waals surface area contributed by atoms with Gasteiger partial charge in [-0.2, -0.15) is 5.10 Å². The normalized spacial score (nSPS) is 11.5. The zero-order chi connectivity index (χ0) is 17.6. The van der Waals surface area contributed by atoms with Crippen LogP contribution in [0.5, 0.6) is 0 Å². The second-order valence-corrected chi connectivity index (χ2v) is 6.33. The molecular weight excluding hydrogens is 306 g/mol. The van der Waals surface area contributed by atoms with Crippen molar-refractivity contribution in [1.82, 2.24) is 10.7 Å². The summed E-state index contributed by atoms with van der Waals surface area (Å²) in [6.07, 6.45) is 2.99. The van der Waals surface area contributed by atoms with Crippen molar-refractivity contribution >= 4 is 18.0 Å². The molecule has 0 atom stereocenters. The zero-order valence-electron chi connectivity index (χ0n) is 14.0. The summed E-state index contributed by atoms with van der Waals surface area (Å²) >= 11 is 0. The zero-order valence-corrected chi connectivity index (χ0v) is 14.0. The van der Waals surface area contributed by atoms with Crippen LogP contribution in [-0.2, 0) is 21.5 Å². The summed E-state index contributed by atoms with van der Waals surface area (Å²) in [6.45, 7) is 6.56. The van der Waals surface area contributed by atoms with Crippen LogP contribution in [0.15, 0.2) is 52.2 Å². The quantitative estimate of drug-likeness (QED) is 0.513. The number of amides is 2. The number of rotatable bonds is 4. The minimum Gasteiger partial charge on any atom is -0.467 e. The van der Waals surface area contributed by atoms with E-state index in [1.54, 1.807) is 12.1 Å². The molecule has 1 heterocycles. The Bertz CT molecular complexity index is 711. The second kappa shape index (κ2) is 7.59. The van der Waals surface area contributed by atoms with E-state index in [0.717, 1.165) is 5.56 Å². The van der Waals surface area contributed by atoms with Gasteiger partial charge in [-0.3, -0.25) is 9.59 Å². The van der Waals surface area contributed by atoms with Gasteiger partial charge in [0.25, 0.3) is 0 Å². The molecule has 1 aromatic carbocycles. The first-order valence-electron chi connectivity index (χ1n) is 7.60. The molecule has 2 aromatic rings. The van der Waals surface area contributed by atoms with Crippen LogP contribution in [0.3, 0.4) is 0 Å². The number of hydrazone groups is 1. The van der Waals surface area contributed by atoms with Crippen molar-refractivity contribution in [3.63, 3.8) is 0 Å². The van der Waals surface area contributed by atoms with Crippen molar-refractivity contribution in [1.29, 1.82) is 0 Å². The van der Waals surface area contributed by atoms with E-state index < -0.39 is 11.8 Å². The molecule has 6 heteroatoms. The fourth-order valence-corrected chi connectivity index (χ4v) is 1.95. The molecule has 24 heavy (non-hydrogen) atoms. The van der Waals surface area contributed by atoms with Crippen LogP contribution in [0.1, 0.15) is 37.7 Å². The number of hydrogen-bond donors (Lipinski definition) is 2. The maximum absolute atomic E-state index is 11.6. The van der Waals surface area contributed by atoms with Crippen molar-refractivity contribution in [2.45, 2.75) is 32.7 Å². The topological polar surface area (TPSA) is 83.7 Å². The first kappa shape index (κ1) is 17.5. The predicted octanol–water partition coefficient (Wildman–Crippen LogP) is 2.34. The van der Waals surface area contributed by atoms with Gasteiger partial charge in [-0.1, -0.05) is 45.0 Å². The Labute approximate surface area is 140 Å². The van der Waals surface area contributed by atoms with Crippen LogP contribution in [0.2, 0.25) is 0 Å². The van der Waals surface area contributed by atoms with Gasteiger partial charge in [0.1, 0.15) is 5.76 Å². The number of nitrogens with zero attached hydrogens (tertiary/aromatic N) is 1. The monoisotopic (exact) mass is 327 g/mol. The Morgan fingerprint density at radius 3 is 2.42 bits per heavy atom. The van der Waals surface area contributed by atoms with E-state index in [2.05, 4.69) is 36.6 Å². The molecule has 2 rings (SSSR count). The van der Waals surface area contributed by atoms with E-state index in [1.165, 1.54) is 18.0 Å². The molecule has 126 valence electrons. The summed E-state index contributed by atoms with van der Waals surface area (Å²) in [6, 6.07) is 11.3. The highest BCUT2D eigenvalue weighted by Crippen LogP contribution is 2.21. The number of carbonyl (C=O) groups excluding carboxylic acids is 2. The minimum atomic E-state index is -0.830. The fraction of sp³-hybridized carbons (Fsp3) is 0.278. The molecule has 0 aliphatic carbocycles. The fourth-order valence-electron chi connectivity index (χ4n) is 1.95. The molecule has 0 radical (unpaired) electrons. The third-order valence-electron chi connectivity index (χ3n) is 3.37. The van der Waals surface area contributed by atoms with Gasteiger partial charge in [0.05, 0.1) is 19.0 Å². The molecule has 0 saturated carbocycles. The maximum Gasteiger partial charge on any atom is 0.329 e. The smallest absolute Gasteiger partial charge is 0.329 e.